The van der Waals surface area contributed by atoms with E-state index in [2.05, 4.69) is 4.74 Å². The second-order valence-electron chi connectivity index (χ2n) is 2.43. The fraction of sp³-hybridized carbons (Fsp3) is 0.222. The number of hydrogen-bond donors (Lipinski definition) is 1. The first kappa shape index (κ1) is 9.38. The largest absolute Gasteiger partial charge is 0.712 e. The lowest BCUT2D eigenvalue weighted by molar-refractivity contribution is 0.150. The second-order valence-corrected chi connectivity index (χ2v) is 2.43. The van der Waals surface area contributed by atoms with E-state index in [9.17, 15) is 0 Å². The molecule has 0 amide bonds. The Labute approximate surface area is 75.7 Å². The van der Waals surface area contributed by atoms with Crippen LogP contribution in [0.25, 0.3) is 0 Å². The van der Waals surface area contributed by atoms with Crippen molar-refractivity contribution in [1.29, 1.82) is 0 Å². The van der Waals surface area contributed by atoms with E-state index in [-0.39, 0.29) is 12.4 Å². The summed E-state index contributed by atoms with van der Waals surface area (Å²) >= 11 is 0. The minimum atomic E-state index is -0.465. The third-order valence-corrected chi connectivity index (χ3v) is 1.47. The van der Waals surface area contributed by atoms with Gasteiger partial charge in [-0.2, -0.15) is 0 Å². The van der Waals surface area contributed by atoms with Crippen molar-refractivity contribution >= 4 is 6.16 Å². The molecule has 0 aliphatic carbocycles. The molecule has 0 atom stereocenters. The summed E-state index contributed by atoms with van der Waals surface area (Å²) in [5.41, 5.74) is 0.835. The second kappa shape index (κ2) is 4.35. The average molecular weight is 183 g/mol. The van der Waals surface area contributed by atoms with Gasteiger partial charge in [-0.25, -0.2) is 0 Å². The third-order valence-electron chi connectivity index (χ3n) is 1.47. The lowest BCUT2D eigenvalue weighted by Gasteiger charge is -1.96. The van der Waals surface area contributed by atoms with Crippen LogP contribution >= 0.6 is 0 Å². The molecule has 0 radical (unpaired) electrons. The molecular formula is C9H11O4+. The highest BCUT2D eigenvalue weighted by Crippen LogP contribution is 2.10. The highest BCUT2D eigenvalue weighted by molar-refractivity contribution is 5.60. The number of carbonyl (C=O) groups excluding carboxylic acids is 1. The fourth-order valence-corrected chi connectivity index (χ4v) is 0.796. The van der Waals surface area contributed by atoms with Crippen molar-refractivity contribution in [1.82, 2.24) is 0 Å². The van der Waals surface area contributed by atoms with E-state index in [1.54, 1.807) is 24.3 Å². The molecular weight excluding hydrogens is 172 g/mol. The molecule has 1 rings (SSSR count). The zero-order valence-electron chi connectivity index (χ0n) is 7.23. The lowest BCUT2D eigenvalue weighted by atomic mass is 10.2. The van der Waals surface area contributed by atoms with Crippen LogP contribution in [-0.4, -0.2) is 23.2 Å². The van der Waals surface area contributed by atoms with Gasteiger partial charge in [-0.1, -0.05) is 12.1 Å². The Balaban J connectivity index is 2.46. The van der Waals surface area contributed by atoms with Crippen LogP contribution in [-0.2, 0) is 16.1 Å². The summed E-state index contributed by atoms with van der Waals surface area (Å²) in [6.45, 7) is 0.208. The summed E-state index contributed by atoms with van der Waals surface area (Å²) < 4.78 is 9.18. The molecule has 0 saturated heterocycles. The zero-order valence-corrected chi connectivity index (χ0v) is 7.23. The first-order valence-corrected chi connectivity index (χ1v) is 3.73. The highest BCUT2D eigenvalue weighted by atomic mass is 16.7. The van der Waals surface area contributed by atoms with E-state index in [0.29, 0.717) is 0 Å². The molecule has 0 spiro atoms. The Hall–Kier alpha value is -1.71. The van der Waals surface area contributed by atoms with Gasteiger partial charge in [0.1, 0.15) is 12.9 Å². The summed E-state index contributed by atoms with van der Waals surface area (Å²) in [5, 5.41) is 8.96. The summed E-state index contributed by atoms with van der Waals surface area (Å²) in [7, 11) is 1.31. The van der Waals surface area contributed by atoms with E-state index < -0.39 is 6.16 Å². The van der Waals surface area contributed by atoms with Gasteiger partial charge in [0.05, 0.1) is 0 Å². The highest BCUT2D eigenvalue weighted by Gasteiger charge is 2.10. The topological polar surface area (TPSA) is 60.1 Å². The van der Waals surface area contributed by atoms with E-state index in [4.69, 9.17) is 14.6 Å². The van der Waals surface area contributed by atoms with Crippen LogP contribution in [0.3, 0.4) is 0 Å². The number of aromatic hydroxyl groups is 1. The maximum Gasteiger partial charge on any atom is 0.712 e. The number of ether oxygens (including phenoxy) is 2. The minimum absolute atomic E-state index is 0.198. The van der Waals surface area contributed by atoms with Gasteiger partial charge < -0.3 is 19.4 Å². The van der Waals surface area contributed by atoms with Crippen LogP contribution in [0.4, 0.5) is 0 Å². The molecule has 70 valence electrons. The van der Waals surface area contributed by atoms with Crippen LogP contribution in [0.15, 0.2) is 24.3 Å². The normalized spacial score (nSPS) is 9.31. The van der Waals surface area contributed by atoms with Crippen molar-refractivity contribution in [3.8, 4) is 5.75 Å². The van der Waals surface area contributed by atoms with Gasteiger partial charge in [-0.3, -0.25) is 0 Å². The summed E-state index contributed by atoms with van der Waals surface area (Å²) in [4.78, 5) is 8.80. The maximum atomic E-state index is 8.96. The van der Waals surface area contributed by atoms with Crippen LogP contribution in [0.2, 0.25) is 0 Å². The number of phenols is 1. The Kier molecular flexibility index (Phi) is 3.14. The molecule has 0 aliphatic heterocycles. The molecule has 0 aromatic heterocycles. The molecule has 1 aromatic carbocycles. The van der Waals surface area contributed by atoms with Crippen LogP contribution in [0.1, 0.15) is 5.56 Å². The van der Waals surface area contributed by atoms with Crippen molar-refractivity contribution in [3.05, 3.63) is 29.8 Å². The third kappa shape index (κ3) is 3.02. The number of phenolic OH excluding ortho intramolecular Hbond substituents is 1. The van der Waals surface area contributed by atoms with Crippen molar-refractivity contribution in [3.63, 3.8) is 0 Å². The van der Waals surface area contributed by atoms with Crippen molar-refractivity contribution in [2.75, 3.05) is 7.11 Å². The number of benzene rings is 1. The molecule has 4 nitrogen and oxygen atoms in total. The summed E-state index contributed by atoms with van der Waals surface area (Å²) in [6.07, 6.45) is -0.465. The minimum Gasteiger partial charge on any atom is -0.508 e. The molecule has 1 aromatic rings. The Morgan fingerprint density at radius 1 is 1.38 bits per heavy atom. The molecule has 0 heterocycles. The van der Waals surface area contributed by atoms with E-state index in [0.717, 1.165) is 5.56 Å². The molecule has 0 aliphatic rings. The Bertz CT molecular complexity index is 278. The van der Waals surface area contributed by atoms with Gasteiger partial charge in [-0.05, 0) is 12.1 Å². The molecule has 0 bridgehead atoms. The van der Waals surface area contributed by atoms with Gasteiger partial charge in [0.15, 0.2) is 6.61 Å². The summed E-state index contributed by atoms with van der Waals surface area (Å²) in [6, 6.07) is 6.47. The number of hydrogen-bond acceptors (Lipinski definition) is 3. The van der Waals surface area contributed by atoms with Crippen molar-refractivity contribution < 1.29 is 19.4 Å². The van der Waals surface area contributed by atoms with Gasteiger partial charge in [-0.15, -0.1) is 0 Å². The van der Waals surface area contributed by atoms with Gasteiger partial charge >= 0.3 is 6.16 Å². The van der Waals surface area contributed by atoms with Crippen molar-refractivity contribution in [2.45, 2.75) is 6.61 Å². The molecule has 13 heavy (non-hydrogen) atoms. The molecule has 2 N–H and O–H groups in total. The molecule has 0 saturated carbocycles. The average Bonchev–Trinajstić information content (AvgIpc) is 2.16. The number of methoxy groups -OCH3 is 1. The van der Waals surface area contributed by atoms with Crippen molar-refractivity contribution in [2.24, 2.45) is 0 Å². The first-order valence-electron chi connectivity index (χ1n) is 3.73. The molecule has 0 fully saturated rings. The molecule has 4 heteroatoms. The maximum absolute atomic E-state index is 8.96. The monoisotopic (exact) mass is 183 g/mol. The predicted molar refractivity (Wildman–Crippen MR) is 46.8 cm³/mol. The Morgan fingerprint density at radius 2 is 2.00 bits per heavy atom. The van der Waals surface area contributed by atoms with Crippen LogP contribution < -0.4 is 0 Å². The van der Waals surface area contributed by atoms with Crippen LogP contribution in [0, 0.1) is 0 Å². The first-order chi connectivity index (χ1) is 6.22. The quantitative estimate of drug-likeness (QED) is 0.550. The van der Waals surface area contributed by atoms with Gasteiger partial charge in [0.2, 0.25) is 0 Å². The van der Waals surface area contributed by atoms with Gasteiger partial charge in [0, 0.05) is 5.56 Å². The van der Waals surface area contributed by atoms with Crippen LogP contribution in [0.5, 0.6) is 5.75 Å². The van der Waals surface area contributed by atoms with E-state index in [1.165, 1.54) is 7.11 Å². The fourth-order valence-electron chi connectivity index (χ4n) is 0.796. The standard InChI is InChI=1S/C9H10O4/c1-12-9(11)13-6-7-2-4-8(10)5-3-7/h2-5,10H,6H2,1H3/p+1. The van der Waals surface area contributed by atoms with Gasteiger partial charge in [0.25, 0.3) is 0 Å². The zero-order chi connectivity index (χ0) is 9.68. The summed E-state index contributed by atoms with van der Waals surface area (Å²) in [5.74, 6) is 0.198. The number of rotatable bonds is 2. The smallest absolute Gasteiger partial charge is 0.508 e. The molecule has 0 unspecified atom stereocenters. The predicted octanol–water partition coefficient (Wildman–Crippen LogP) is 1.02. The van der Waals surface area contributed by atoms with E-state index in [1.807, 2.05) is 0 Å². The SMILES string of the molecule is COC(=[OH+])OCc1ccc(O)cc1. The lowest BCUT2D eigenvalue weighted by Crippen LogP contribution is -2.06. The Morgan fingerprint density at radius 3 is 2.54 bits per heavy atom. The van der Waals surface area contributed by atoms with E-state index >= 15 is 0 Å².